The van der Waals surface area contributed by atoms with Gasteiger partial charge in [0.1, 0.15) is 0 Å². The summed E-state index contributed by atoms with van der Waals surface area (Å²) in [6.45, 7) is 9.58. The van der Waals surface area contributed by atoms with Gasteiger partial charge in [-0.25, -0.2) is 0 Å². The smallest absolute Gasteiger partial charge is 0.308 e. The first-order valence-electron chi connectivity index (χ1n) is 16.8. The molecule has 0 saturated heterocycles. The van der Waals surface area contributed by atoms with Gasteiger partial charge in [-0.3, -0.25) is 4.79 Å². The summed E-state index contributed by atoms with van der Waals surface area (Å²) in [5.74, 6) is 0.686. The van der Waals surface area contributed by atoms with Crippen LogP contribution in [0.25, 0.3) is 0 Å². The van der Waals surface area contributed by atoms with Crippen LogP contribution >= 0.6 is 0 Å². The number of carbonyl (C=O) groups excluding carboxylic acids is 1. The zero-order valence-electron chi connectivity index (χ0n) is 25.6. The lowest BCUT2D eigenvalue weighted by Crippen LogP contribution is -2.20. The molecule has 0 fully saturated rings. The standard InChI is InChI=1S/C34H68O2/c1-5-8-11-14-17-20-22-25-28-32(4)34(35)36-31-33(29-26-23-19-16-13-10-7-3)30-27-24-21-18-15-12-9-6-2/h32-33H,5-31H2,1-4H3. The summed E-state index contributed by atoms with van der Waals surface area (Å²) in [6.07, 6.45) is 34.5. The van der Waals surface area contributed by atoms with Gasteiger partial charge in [-0.05, 0) is 25.2 Å². The molecule has 2 heteroatoms. The number of carbonyl (C=O) groups is 1. The molecule has 2 nitrogen and oxygen atoms in total. The van der Waals surface area contributed by atoms with Crippen LogP contribution in [0, 0.1) is 11.8 Å². The SMILES string of the molecule is CCCCCCCCCCC(CCCCCCCCC)COC(=O)C(C)CCCCCCCCCC. The second-order valence-corrected chi connectivity index (χ2v) is 11.8. The Morgan fingerprint density at radius 1 is 0.472 bits per heavy atom. The Bertz CT molecular complexity index is 433. The number of rotatable bonds is 29. The highest BCUT2D eigenvalue weighted by Gasteiger charge is 2.17. The van der Waals surface area contributed by atoms with Crippen LogP contribution < -0.4 is 0 Å². The molecule has 0 aromatic heterocycles. The number of ether oxygens (including phenoxy) is 1. The van der Waals surface area contributed by atoms with Crippen molar-refractivity contribution >= 4 is 5.97 Å². The van der Waals surface area contributed by atoms with Crippen molar-refractivity contribution in [2.24, 2.45) is 11.8 Å². The van der Waals surface area contributed by atoms with E-state index in [1.165, 1.54) is 161 Å². The molecule has 0 spiro atoms. The lowest BCUT2D eigenvalue weighted by molar-refractivity contribution is -0.149. The van der Waals surface area contributed by atoms with Crippen molar-refractivity contribution in [1.82, 2.24) is 0 Å². The van der Waals surface area contributed by atoms with Crippen molar-refractivity contribution in [2.45, 2.75) is 195 Å². The largest absolute Gasteiger partial charge is 0.465 e. The molecule has 0 amide bonds. The van der Waals surface area contributed by atoms with Crippen LogP contribution in [-0.2, 0) is 9.53 Å². The molecule has 216 valence electrons. The van der Waals surface area contributed by atoms with E-state index in [2.05, 4.69) is 27.7 Å². The number of hydrogen-bond acceptors (Lipinski definition) is 2. The van der Waals surface area contributed by atoms with Gasteiger partial charge >= 0.3 is 5.97 Å². The molecular formula is C34H68O2. The lowest BCUT2D eigenvalue weighted by atomic mass is 9.94. The molecule has 0 aliphatic carbocycles. The normalized spacial score (nSPS) is 13.1. The summed E-state index contributed by atoms with van der Waals surface area (Å²) in [4.78, 5) is 12.6. The van der Waals surface area contributed by atoms with Crippen LogP contribution in [0.4, 0.5) is 0 Å². The Morgan fingerprint density at radius 2 is 0.778 bits per heavy atom. The minimum atomic E-state index is 0.0541. The monoisotopic (exact) mass is 509 g/mol. The number of hydrogen-bond donors (Lipinski definition) is 0. The molecule has 2 unspecified atom stereocenters. The van der Waals surface area contributed by atoms with E-state index in [-0.39, 0.29) is 11.9 Å². The van der Waals surface area contributed by atoms with E-state index in [4.69, 9.17) is 4.74 Å². The average molecular weight is 509 g/mol. The summed E-state index contributed by atoms with van der Waals surface area (Å²) >= 11 is 0. The first kappa shape index (κ1) is 35.5. The van der Waals surface area contributed by atoms with E-state index in [0.29, 0.717) is 12.5 Å². The van der Waals surface area contributed by atoms with Crippen molar-refractivity contribution < 1.29 is 9.53 Å². The van der Waals surface area contributed by atoms with Crippen LogP contribution in [0.3, 0.4) is 0 Å². The summed E-state index contributed by atoms with van der Waals surface area (Å²) in [5.41, 5.74) is 0. The van der Waals surface area contributed by atoms with Gasteiger partial charge in [-0.2, -0.15) is 0 Å². The Labute approximate surface area is 228 Å². The molecule has 0 aromatic carbocycles. The van der Waals surface area contributed by atoms with Gasteiger partial charge in [0, 0.05) is 0 Å². The first-order chi connectivity index (χ1) is 17.7. The highest BCUT2D eigenvalue weighted by Crippen LogP contribution is 2.21. The fourth-order valence-corrected chi connectivity index (χ4v) is 5.31. The minimum Gasteiger partial charge on any atom is -0.465 e. The van der Waals surface area contributed by atoms with Gasteiger partial charge in [-0.15, -0.1) is 0 Å². The minimum absolute atomic E-state index is 0.0541. The second kappa shape index (κ2) is 29.0. The average Bonchev–Trinajstić information content (AvgIpc) is 2.88. The van der Waals surface area contributed by atoms with Gasteiger partial charge in [0.25, 0.3) is 0 Å². The van der Waals surface area contributed by atoms with Crippen molar-refractivity contribution in [3.8, 4) is 0 Å². The molecule has 0 aliphatic rings. The maximum Gasteiger partial charge on any atom is 0.308 e. The van der Waals surface area contributed by atoms with Crippen LogP contribution in [0.1, 0.15) is 195 Å². The quantitative estimate of drug-likeness (QED) is 0.0741. The van der Waals surface area contributed by atoms with E-state index < -0.39 is 0 Å². The Hall–Kier alpha value is -0.530. The molecule has 36 heavy (non-hydrogen) atoms. The van der Waals surface area contributed by atoms with E-state index in [0.717, 1.165) is 6.42 Å². The Morgan fingerprint density at radius 3 is 1.14 bits per heavy atom. The van der Waals surface area contributed by atoms with Gasteiger partial charge in [0.15, 0.2) is 0 Å². The van der Waals surface area contributed by atoms with Gasteiger partial charge in [-0.1, -0.05) is 175 Å². The fourth-order valence-electron chi connectivity index (χ4n) is 5.31. The zero-order valence-corrected chi connectivity index (χ0v) is 25.6. The summed E-state index contributed by atoms with van der Waals surface area (Å²) in [7, 11) is 0. The molecule has 0 saturated carbocycles. The summed E-state index contributed by atoms with van der Waals surface area (Å²) < 4.78 is 5.88. The highest BCUT2D eigenvalue weighted by atomic mass is 16.5. The second-order valence-electron chi connectivity index (χ2n) is 11.8. The third kappa shape index (κ3) is 25.1. The van der Waals surface area contributed by atoms with Crippen molar-refractivity contribution in [1.29, 1.82) is 0 Å². The van der Waals surface area contributed by atoms with Crippen LogP contribution in [0.2, 0.25) is 0 Å². The molecule has 0 N–H and O–H groups in total. The van der Waals surface area contributed by atoms with E-state index in [9.17, 15) is 4.79 Å². The Balaban J connectivity index is 4.12. The van der Waals surface area contributed by atoms with Crippen LogP contribution in [0.5, 0.6) is 0 Å². The molecule has 0 bridgehead atoms. The van der Waals surface area contributed by atoms with Crippen LogP contribution in [-0.4, -0.2) is 12.6 Å². The molecular weight excluding hydrogens is 440 g/mol. The molecule has 0 aromatic rings. The molecule has 2 atom stereocenters. The third-order valence-corrected chi connectivity index (χ3v) is 8.04. The first-order valence-corrected chi connectivity index (χ1v) is 16.8. The van der Waals surface area contributed by atoms with Crippen molar-refractivity contribution in [2.75, 3.05) is 6.61 Å². The van der Waals surface area contributed by atoms with Gasteiger partial charge in [0.05, 0.1) is 12.5 Å². The lowest BCUT2D eigenvalue weighted by Gasteiger charge is -2.19. The number of esters is 1. The van der Waals surface area contributed by atoms with E-state index >= 15 is 0 Å². The predicted octanol–water partition coefficient (Wildman–Crippen LogP) is 12.0. The van der Waals surface area contributed by atoms with Crippen LogP contribution in [0.15, 0.2) is 0 Å². The molecule has 0 heterocycles. The topological polar surface area (TPSA) is 26.3 Å². The van der Waals surface area contributed by atoms with Crippen molar-refractivity contribution in [3.63, 3.8) is 0 Å². The van der Waals surface area contributed by atoms with Gasteiger partial charge in [0.2, 0.25) is 0 Å². The van der Waals surface area contributed by atoms with Gasteiger partial charge < -0.3 is 4.74 Å². The summed E-state index contributed by atoms with van der Waals surface area (Å²) in [5, 5.41) is 0. The Kier molecular flexibility index (Phi) is 28.6. The zero-order chi connectivity index (χ0) is 26.5. The van der Waals surface area contributed by atoms with E-state index in [1.807, 2.05) is 0 Å². The fraction of sp³-hybridized carbons (Fsp3) is 0.971. The highest BCUT2D eigenvalue weighted by molar-refractivity contribution is 5.71. The molecule has 0 radical (unpaired) electrons. The maximum absolute atomic E-state index is 12.6. The molecule has 0 rings (SSSR count). The predicted molar refractivity (Wildman–Crippen MR) is 161 cm³/mol. The third-order valence-electron chi connectivity index (χ3n) is 8.04. The van der Waals surface area contributed by atoms with E-state index in [1.54, 1.807) is 0 Å². The number of unbranched alkanes of at least 4 members (excludes halogenated alkanes) is 20. The maximum atomic E-state index is 12.6. The molecule has 0 aliphatic heterocycles. The summed E-state index contributed by atoms with van der Waals surface area (Å²) in [6, 6.07) is 0. The van der Waals surface area contributed by atoms with Crippen molar-refractivity contribution in [3.05, 3.63) is 0 Å².